The van der Waals surface area contributed by atoms with Crippen LogP contribution in [0.25, 0.3) is 0 Å². The first-order valence-corrected chi connectivity index (χ1v) is 3.48. The Labute approximate surface area is 70.6 Å². The molecule has 0 radical (unpaired) electrons. The van der Waals surface area contributed by atoms with Crippen LogP contribution in [-0.4, -0.2) is 21.2 Å². The zero-order chi connectivity index (χ0) is 8.43. The number of hydrogen-bond donors (Lipinski definition) is 2. The summed E-state index contributed by atoms with van der Waals surface area (Å²) in [5, 5.41) is 17.4. The molecule has 1 heterocycles. The Morgan fingerprint density at radius 2 is 2.27 bits per heavy atom. The van der Waals surface area contributed by atoms with Crippen LogP contribution in [0.1, 0.15) is 10.4 Å². The Bertz CT molecular complexity index is 300. The highest BCUT2D eigenvalue weighted by Crippen LogP contribution is 2.20. The molecule has 0 amide bonds. The van der Waals surface area contributed by atoms with Gasteiger partial charge in [-0.25, -0.2) is 9.78 Å². The predicted molar refractivity (Wildman–Crippen MR) is 40.6 cm³/mol. The summed E-state index contributed by atoms with van der Waals surface area (Å²) in [5.74, 6) is -1.29. The van der Waals surface area contributed by atoms with Crippen LogP contribution in [0.4, 0.5) is 0 Å². The van der Waals surface area contributed by atoms with Gasteiger partial charge in [-0.1, -0.05) is 0 Å². The Kier molecular flexibility index (Phi) is 2.09. The van der Waals surface area contributed by atoms with Crippen molar-refractivity contribution in [1.29, 1.82) is 0 Å². The third-order valence-electron chi connectivity index (χ3n) is 1.07. The van der Waals surface area contributed by atoms with Crippen molar-refractivity contribution in [2.75, 3.05) is 0 Å². The SMILES string of the molecule is O=C(O)c1cnc(Br)c(O)c1. The van der Waals surface area contributed by atoms with E-state index in [0.717, 1.165) is 12.3 Å². The van der Waals surface area contributed by atoms with Crippen LogP contribution in [0.15, 0.2) is 16.9 Å². The second kappa shape index (κ2) is 2.87. The van der Waals surface area contributed by atoms with Gasteiger partial charge in [0.2, 0.25) is 0 Å². The largest absolute Gasteiger partial charge is 0.505 e. The second-order valence-corrected chi connectivity index (χ2v) is 2.59. The maximum absolute atomic E-state index is 10.3. The summed E-state index contributed by atoms with van der Waals surface area (Å²) >= 11 is 2.92. The van der Waals surface area contributed by atoms with Gasteiger partial charge in [-0.2, -0.15) is 0 Å². The first-order chi connectivity index (χ1) is 5.11. The number of pyridine rings is 1. The standard InChI is InChI=1S/C6H4BrNO3/c7-5-4(9)1-3(2-8-5)6(10)11/h1-2,9H,(H,10,11). The van der Waals surface area contributed by atoms with Gasteiger partial charge in [0.25, 0.3) is 0 Å². The molecular formula is C6H4BrNO3. The molecule has 0 aromatic carbocycles. The quantitative estimate of drug-likeness (QED) is 0.695. The van der Waals surface area contributed by atoms with Gasteiger partial charge in [-0.3, -0.25) is 0 Å². The van der Waals surface area contributed by atoms with Crippen LogP contribution in [0.5, 0.6) is 5.75 Å². The minimum absolute atomic E-state index is 0.0364. The number of halogens is 1. The van der Waals surface area contributed by atoms with E-state index in [4.69, 9.17) is 10.2 Å². The van der Waals surface area contributed by atoms with E-state index in [1.165, 1.54) is 0 Å². The number of hydrogen-bond acceptors (Lipinski definition) is 3. The monoisotopic (exact) mass is 217 g/mol. The molecule has 0 unspecified atom stereocenters. The molecule has 4 nitrogen and oxygen atoms in total. The lowest BCUT2D eigenvalue weighted by atomic mass is 10.3. The van der Waals surface area contributed by atoms with Crippen LogP contribution < -0.4 is 0 Å². The molecule has 0 spiro atoms. The number of aromatic nitrogens is 1. The first kappa shape index (κ1) is 8.00. The Morgan fingerprint density at radius 3 is 2.73 bits per heavy atom. The molecule has 1 rings (SSSR count). The fourth-order valence-electron chi connectivity index (χ4n) is 0.553. The second-order valence-electron chi connectivity index (χ2n) is 1.84. The molecule has 2 N–H and O–H groups in total. The minimum Gasteiger partial charge on any atom is -0.505 e. The average Bonchev–Trinajstić information content (AvgIpc) is 1.94. The number of nitrogens with zero attached hydrogens (tertiary/aromatic N) is 1. The molecule has 1 aromatic heterocycles. The molecule has 0 aliphatic rings. The van der Waals surface area contributed by atoms with Gasteiger partial charge < -0.3 is 10.2 Å². The summed E-state index contributed by atoms with van der Waals surface area (Å²) in [7, 11) is 0. The fourth-order valence-corrected chi connectivity index (χ4v) is 0.770. The summed E-state index contributed by atoms with van der Waals surface area (Å²) in [6.07, 6.45) is 1.16. The molecule has 0 saturated carbocycles. The summed E-state index contributed by atoms with van der Waals surface area (Å²) in [5.41, 5.74) is -0.0364. The van der Waals surface area contributed by atoms with E-state index in [-0.39, 0.29) is 15.9 Å². The van der Waals surface area contributed by atoms with E-state index in [0.29, 0.717) is 0 Å². The summed E-state index contributed by atoms with van der Waals surface area (Å²) in [4.78, 5) is 13.9. The predicted octanol–water partition coefficient (Wildman–Crippen LogP) is 1.25. The zero-order valence-corrected chi connectivity index (χ0v) is 6.87. The summed E-state index contributed by atoms with van der Waals surface area (Å²) in [6.45, 7) is 0. The smallest absolute Gasteiger partial charge is 0.337 e. The maximum atomic E-state index is 10.3. The van der Waals surface area contributed by atoms with Gasteiger partial charge in [-0.05, 0) is 22.0 Å². The molecule has 58 valence electrons. The lowest BCUT2D eigenvalue weighted by Crippen LogP contribution is -1.96. The van der Waals surface area contributed by atoms with Crippen LogP contribution in [0, 0.1) is 0 Å². The van der Waals surface area contributed by atoms with Gasteiger partial charge in [-0.15, -0.1) is 0 Å². The number of carbonyl (C=O) groups is 1. The van der Waals surface area contributed by atoms with Crippen LogP contribution in [-0.2, 0) is 0 Å². The van der Waals surface area contributed by atoms with Crippen LogP contribution >= 0.6 is 15.9 Å². The molecule has 11 heavy (non-hydrogen) atoms. The molecule has 0 atom stereocenters. The minimum atomic E-state index is -1.11. The van der Waals surface area contributed by atoms with Crippen molar-refractivity contribution in [3.8, 4) is 5.75 Å². The Hall–Kier alpha value is -1.10. The van der Waals surface area contributed by atoms with Gasteiger partial charge in [0.1, 0.15) is 10.4 Å². The molecule has 0 fully saturated rings. The summed E-state index contributed by atoms with van der Waals surface area (Å²) < 4.78 is 0.238. The van der Waals surface area contributed by atoms with Crippen molar-refractivity contribution in [3.05, 3.63) is 22.4 Å². The topological polar surface area (TPSA) is 70.4 Å². The molecular weight excluding hydrogens is 214 g/mol. The lowest BCUT2D eigenvalue weighted by molar-refractivity contribution is 0.0696. The van der Waals surface area contributed by atoms with Crippen molar-refractivity contribution in [2.45, 2.75) is 0 Å². The van der Waals surface area contributed by atoms with Gasteiger partial charge in [0, 0.05) is 6.20 Å². The van der Waals surface area contributed by atoms with Crippen molar-refractivity contribution < 1.29 is 15.0 Å². The van der Waals surface area contributed by atoms with E-state index >= 15 is 0 Å². The number of carboxylic acid groups (broad SMARTS) is 1. The molecule has 1 aromatic rings. The highest BCUT2D eigenvalue weighted by Gasteiger charge is 2.06. The van der Waals surface area contributed by atoms with E-state index in [1.54, 1.807) is 0 Å². The fraction of sp³-hybridized carbons (Fsp3) is 0. The molecule has 0 saturated heterocycles. The third-order valence-corrected chi connectivity index (χ3v) is 1.68. The van der Waals surface area contributed by atoms with Crippen LogP contribution in [0.3, 0.4) is 0 Å². The van der Waals surface area contributed by atoms with Crippen molar-refractivity contribution in [1.82, 2.24) is 4.98 Å². The lowest BCUT2D eigenvalue weighted by Gasteiger charge is -1.96. The molecule has 0 bridgehead atoms. The van der Waals surface area contributed by atoms with E-state index in [2.05, 4.69) is 20.9 Å². The number of rotatable bonds is 1. The molecule has 0 aliphatic heterocycles. The number of carboxylic acids is 1. The highest BCUT2D eigenvalue weighted by atomic mass is 79.9. The van der Waals surface area contributed by atoms with Gasteiger partial charge in [0.15, 0.2) is 0 Å². The Balaban J connectivity index is 3.15. The van der Waals surface area contributed by atoms with Crippen molar-refractivity contribution >= 4 is 21.9 Å². The molecule has 5 heteroatoms. The summed E-state index contributed by atoms with van der Waals surface area (Å²) in [6, 6.07) is 1.12. The maximum Gasteiger partial charge on any atom is 0.337 e. The average molecular weight is 218 g/mol. The number of aromatic hydroxyl groups is 1. The van der Waals surface area contributed by atoms with E-state index in [1.807, 2.05) is 0 Å². The van der Waals surface area contributed by atoms with E-state index < -0.39 is 5.97 Å². The van der Waals surface area contributed by atoms with Gasteiger partial charge in [0.05, 0.1) is 5.56 Å². The highest BCUT2D eigenvalue weighted by molar-refractivity contribution is 9.10. The van der Waals surface area contributed by atoms with Crippen LogP contribution in [0.2, 0.25) is 0 Å². The normalized spacial score (nSPS) is 9.55. The van der Waals surface area contributed by atoms with Crippen molar-refractivity contribution in [3.63, 3.8) is 0 Å². The molecule has 0 aliphatic carbocycles. The first-order valence-electron chi connectivity index (χ1n) is 2.69. The third kappa shape index (κ3) is 1.68. The Morgan fingerprint density at radius 1 is 1.64 bits per heavy atom. The number of aromatic carboxylic acids is 1. The van der Waals surface area contributed by atoms with Gasteiger partial charge >= 0.3 is 5.97 Å². The zero-order valence-electron chi connectivity index (χ0n) is 5.28. The van der Waals surface area contributed by atoms with Crippen molar-refractivity contribution in [2.24, 2.45) is 0 Å². The van der Waals surface area contributed by atoms with E-state index in [9.17, 15) is 4.79 Å².